The molecule has 2 aliphatic rings. The topological polar surface area (TPSA) is 71.7 Å². The average Bonchev–Trinajstić information content (AvgIpc) is 2.69. The van der Waals surface area contributed by atoms with Crippen LogP contribution in [0, 0.1) is 12.8 Å². The fourth-order valence-electron chi connectivity index (χ4n) is 4.12. The Morgan fingerprint density at radius 1 is 1.24 bits per heavy atom. The maximum absolute atomic E-state index is 13.0. The molecule has 0 unspecified atom stereocenters. The maximum Gasteiger partial charge on any atom is 0.225 e. The number of carbonyl (C=O) groups is 1. The second-order valence-corrected chi connectivity index (χ2v) is 7.95. The minimum Gasteiger partial charge on any atom is -0.377 e. The van der Waals surface area contributed by atoms with Gasteiger partial charge in [-0.1, -0.05) is 13.0 Å². The van der Waals surface area contributed by atoms with E-state index in [9.17, 15) is 4.79 Å². The minimum atomic E-state index is 0. The maximum atomic E-state index is 13.0. The molecule has 0 spiro atoms. The highest BCUT2D eigenvalue weighted by Gasteiger charge is 2.35. The van der Waals surface area contributed by atoms with Crippen LogP contribution in [-0.2, 0) is 16.1 Å². The molecule has 8 heteroatoms. The molecule has 3 atom stereocenters. The Kier molecular flexibility index (Phi) is 11.4. The van der Waals surface area contributed by atoms with E-state index < -0.39 is 0 Å². The number of amides is 1. The first-order valence-corrected chi connectivity index (χ1v) is 10.4. The van der Waals surface area contributed by atoms with Crippen LogP contribution in [0.3, 0.4) is 0 Å². The molecule has 2 heterocycles. The number of aromatic nitrogens is 1. The number of piperazine rings is 1. The molecule has 0 aromatic carbocycles. The molecule has 1 aliphatic heterocycles. The van der Waals surface area contributed by atoms with Crippen LogP contribution in [0.5, 0.6) is 0 Å². The molecule has 1 saturated carbocycles. The van der Waals surface area contributed by atoms with Gasteiger partial charge in [-0.3, -0.25) is 14.7 Å². The summed E-state index contributed by atoms with van der Waals surface area (Å²) in [4.78, 5) is 21.9. The van der Waals surface area contributed by atoms with E-state index in [1.807, 2.05) is 17.2 Å². The highest BCUT2D eigenvalue weighted by Crippen LogP contribution is 2.28. The average molecular weight is 447 g/mol. The third kappa shape index (κ3) is 7.07. The Labute approximate surface area is 187 Å². The quantitative estimate of drug-likeness (QED) is 0.726. The van der Waals surface area contributed by atoms with Crippen LogP contribution < -0.4 is 5.73 Å². The van der Waals surface area contributed by atoms with Crippen molar-refractivity contribution in [1.29, 1.82) is 0 Å². The second kappa shape index (κ2) is 12.7. The number of nitrogens with two attached hydrogens (primary N) is 1. The minimum absolute atomic E-state index is 0. The summed E-state index contributed by atoms with van der Waals surface area (Å²) in [5, 5.41) is 0. The zero-order valence-corrected chi connectivity index (χ0v) is 19.2. The predicted octanol–water partition coefficient (Wildman–Crippen LogP) is 2.80. The summed E-state index contributed by atoms with van der Waals surface area (Å²) in [7, 11) is 0. The van der Waals surface area contributed by atoms with E-state index >= 15 is 0 Å². The van der Waals surface area contributed by atoms with Gasteiger partial charge in [-0.15, -0.1) is 24.8 Å². The summed E-state index contributed by atoms with van der Waals surface area (Å²) >= 11 is 0. The van der Waals surface area contributed by atoms with Gasteiger partial charge in [0, 0.05) is 57.5 Å². The normalized spacial score (nSPS) is 25.1. The second-order valence-electron chi connectivity index (χ2n) is 7.95. The first-order valence-electron chi connectivity index (χ1n) is 10.4. The predicted molar refractivity (Wildman–Crippen MR) is 121 cm³/mol. The van der Waals surface area contributed by atoms with Crippen molar-refractivity contribution in [3.63, 3.8) is 0 Å². The number of nitrogens with zero attached hydrogens (tertiary/aromatic N) is 3. The van der Waals surface area contributed by atoms with Crippen molar-refractivity contribution in [2.75, 3.05) is 32.8 Å². The smallest absolute Gasteiger partial charge is 0.225 e. The largest absolute Gasteiger partial charge is 0.377 e. The summed E-state index contributed by atoms with van der Waals surface area (Å²) in [5.74, 6) is 0.358. The van der Waals surface area contributed by atoms with E-state index in [0.717, 1.165) is 70.7 Å². The van der Waals surface area contributed by atoms with Crippen LogP contribution in [0.25, 0.3) is 0 Å². The van der Waals surface area contributed by atoms with Crippen molar-refractivity contribution in [2.45, 2.75) is 58.2 Å². The van der Waals surface area contributed by atoms with Crippen molar-refractivity contribution < 1.29 is 9.53 Å². The van der Waals surface area contributed by atoms with Gasteiger partial charge < -0.3 is 15.4 Å². The van der Waals surface area contributed by atoms with Crippen LogP contribution in [-0.4, -0.2) is 65.6 Å². The number of pyridine rings is 1. The van der Waals surface area contributed by atoms with E-state index in [1.165, 1.54) is 5.56 Å². The molecule has 6 nitrogen and oxygen atoms in total. The molecule has 0 radical (unpaired) electrons. The standard InChI is InChI=1S/C21H34N4O2.2ClH/c1-3-13-27-20-14-17(6-7-18(20)22)21(26)25-11-9-24(10-12-25)15-19-16(2)5-4-8-23-19;;/h4-5,8,17-18,20H,3,6-7,9-15,22H2,1-2H3;2*1H/t17-,18+,20+;;/m0../s1. The molecular formula is C21H36Cl2N4O2. The third-order valence-corrected chi connectivity index (χ3v) is 5.90. The van der Waals surface area contributed by atoms with E-state index in [1.54, 1.807) is 0 Å². The molecule has 1 amide bonds. The number of rotatable bonds is 6. The molecule has 1 aromatic heterocycles. The highest BCUT2D eigenvalue weighted by atomic mass is 35.5. The Morgan fingerprint density at radius 2 is 1.97 bits per heavy atom. The van der Waals surface area contributed by atoms with Gasteiger partial charge in [0.1, 0.15) is 0 Å². The van der Waals surface area contributed by atoms with Crippen LogP contribution in [0.1, 0.15) is 43.9 Å². The lowest BCUT2D eigenvalue weighted by molar-refractivity contribution is -0.140. The van der Waals surface area contributed by atoms with E-state index in [2.05, 4.69) is 29.8 Å². The van der Waals surface area contributed by atoms with Crippen molar-refractivity contribution in [2.24, 2.45) is 11.7 Å². The van der Waals surface area contributed by atoms with Crippen LogP contribution in [0.15, 0.2) is 18.3 Å². The number of hydrogen-bond donors (Lipinski definition) is 1. The fraction of sp³-hybridized carbons (Fsp3) is 0.714. The third-order valence-electron chi connectivity index (χ3n) is 5.90. The van der Waals surface area contributed by atoms with Crippen LogP contribution >= 0.6 is 24.8 Å². The molecule has 1 saturated heterocycles. The summed E-state index contributed by atoms with van der Waals surface area (Å²) in [5.41, 5.74) is 8.56. The van der Waals surface area contributed by atoms with Gasteiger partial charge in [0.2, 0.25) is 5.91 Å². The molecular weight excluding hydrogens is 411 g/mol. The first-order chi connectivity index (χ1) is 13.1. The Bertz CT molecular complexity index is 626. The van der Waals surface area contributed by atoms with Crippen molar-refractivity contribution in [3.05, 3.63) is 29.6 Å². The highest BCUT2D eigenvalue weighted by molar-refractivity contribution is 5.85. The van der Waals surface area contributed by atoms with Crippen molar-refractivity contribution in [1.82, 2.24) is 14.8 Å². The van der Waals surface area contributed by atoms with Gasteiger partial charge in [0.25, 0.3) is 0 Å². The van der Waals surface area contributed by atoms with Gasteiger partial charge in [0.05, 0.1) is 11.8 Å². The van der Waals surface area contributed by atoms with Gasteiger partial charge in [-0.25, -0.2) is 0 Å². The number of halogens is 2. The zero-order chi connectivity index (χ0) is 19.2. The number of carbonyl (C=O) groups excluding carboxylic acids is 1. The summed E-state index contributed by atoms with van der Waals surface area (Å²) in [6.45, 7) is 9.20. The number of hydrogen-bond acceptors (Lipinski definition) is 5. The molecule has 3 rings (SSSR count). The number of aryl methyl sites for hydroxylation is 1. The summed E-state index contributed by atoms with van der Waals surface area (Å²) < 4.78 is 5.90. The van der Waals surface area contributed by atoms with Gasteiger partial charge >= 0.3 is 0 Å². The van der Waals surface area contributed by atoms with Gasteiger partial charge in [0.15, 0.2) is 0 Å². The SMILES string of the molecule is CCCO[C@@H]1C[C@@H](C(=O)N2CCN(Cc3ncccc3C)CC2)CC[C@H]1N.Cl.Cl. The van der Waals surface area contributed by atoms with Gasteiger partial charge in [-0.2, -0.15) is 0 Å². The molecule has 2 fully saturated rings. The molecule has 1 aromatic rings. The molecule has 2 N–H and O–H groups in total. The number of ether oxygens (including phenoxy) is 1. The molecule has 0 bridgehead atoms. The molecule has 166 valence electrons. The molecule has 29 heavy (non-hydrogen) atoms. The van der Waals surface area contributed by atoms with Crippen LogP contribution in [0.4, 0.5) is 0 Å². The Hall–Kier alpha value is -0.920. The van der Waals surface area contributed by atoms with Crippen molar-refractivity contribution in [3.8, 4) is 0 Å². The summed E-state index contributed by atoms with van der Waals surface area (Å²) in [6, 6.07) is 4.15. The lowest BCUT2D eigenvalue weighted by Gasteiger charge is -2.39. The zero-order valence-electron chi connectivity index (χ0n) is 17.6. The van der Waals surface area contributed by atoms with E-state index in [0.29, 0.717) is 5.91 Å². The lowest BCUT2D eigenvalue weighted by Crippen LogP contribution is -2.52. The monoisotopic (exact) mass is 446 g/mol. The first kappa shape index (κ1) is 26.1. The lowest BCUT2D eigenvalue weighted by atomic mass is 9.83. The van der Waals surface area contributed by atoms with E-state index in [-0.39, 0.29) is 42.9 Å². The summed E-state index contributed by atoms with van der Waals surface area (Å²) in [6.07, 6.45) is 5.41. The van der Waals surface area contributed by atoms with E-state index in [4.69, 9.17) is 10.5 Å². The van der Waals surface area contributed by atoms with Gasteiger partial charge in [-0.05, 0) is 44.2 Å². The van der Waals surface area contributed by atoms with Crippen LogP contribution in [0.2, 0.25) is 0 Å². The fourth-order valence-corrected chi connectivity index (χ4v) is 4.12. The van der Waals surface area contributed by atoms with Crippen molar-refractivity contribution >= 4 is 30.7 Å². The Balaban J connectivity index is 0.00000210. The Morgan fingerprint density at radius 3 is 2.62 bits per heavy atom. The molecule has 1 aliphatic carbocycles.